The van der Waals surface area contributed by atoms with Crippen molar-refractivity contribution in [3.05, 3.63) is 0 Å². The first-order valence-electron chi connectivity index (χ1n) is 13.5. The molecule has 0 spiro atoms. The van der Waals surface area contributed by atoms with Crippen LogP contribution in [0.3, 0.4) is 0 Å². The molecule has 0 aliphatic heterocycles. The van der Waals surface area contributed by atoms with Gasteiger partial charge in [0.15, 0.2) is 0 Å². The molecule has 0 aromatic carbocycles. The summed E-state index contributed by atoms with van der Waals surface area (Å²) in [4.78, 5) is 3.77. The Labute approximate surface area is 238 Å². The Morgan fingerprint density at radius 1 is 1.00 bits per heavy atom. The molecule has 4 N–H and O–H groups in total. The zero-order valence-electron chi connectivity index (χ0n) is 22.3. The molecule has 4 saturated carbocycles. The van der Waals surface area contributed by atoms with E-state index in [9.17, 15) is 28.8 Å². The minimum absolute atomic E-state index is 0. The van der Waals surface area contributed by atoms with E-state index in [0.717, 1.165) is 38.5 Å². The average molecular weight is 538 g/mol. The predicted molar refractivity (Wildman–Crippen MR) is 131 cm³/mol. The van der Waals surface area contributed by atoms with Gasteiger partial charge in [-0.15, -0.1) is 0 Å². The summed E-state index contributed by atoms with van der Waals surface area (Å²) in [6, 6.07) is 0. The molecule has 0 bridgehead atoms. The van der Waals surface area contributed by atoms with Gasteiger partial charge >= 0.3 is 29.6 Å². The summed E-state index contributed by atoms with van der Waals surface area (Å²) < 4.78 is 30.4. The van der Waals surface area contributed by atoms with E-state index in [1.165, 1.54) is 0 Å². The standard InChI is InChI=1S/C26H45NO7S.Na/c1-15(4-7-21(29)27-12-13-35(32,33)34)17-5-6-18-22-19(9-11-25(17,18)2)26(3)10-8-16(28)14-20(26)23(30)24(22)31;/h15-20,22-24,28,30-31H,4-14H2,1-3H3,(H,27,29)(H,32,33,34);/q;+1/p-1/t15-,16-,17-,18+,19+,20+,22+,23+,24-,25-,26-;/m1./s1. The summed E-state index contributed by atoms with van der Waals surface area (Å²) in [5.74, 6) is 0.544. The van der Waals surface area contributed by atoms with Crippen molar-refractivity contribution < 1.29 is 63.0 Å². The van der Waals surface area contributed by atoms with Crippen molar-refractivity contribution in [1.29, 1.82) is 0 Å². The SMILES string of the molecule is C[C@H](CCC([O-])=NCCS(=O)(=O)O)[C@H]1CC[C@H]2[C@@H]3[C@@H](O)[C@@H](O)[C@@H]4C[C@H](O)CC[C@]4(C)[C@H]3CC[C@]12C.[Na+]. The van der Waals surface area contributed by atoms with Gasteiger partial charge in [-0.1, -0.05) is 20.8 Å². The second-order valence-corrected chi connectivity index (χ2v) is 14.2. The van der Waals surface area contributed by atoms with Gasteiger partial charge in [-0.25, -0.2) is 0 Å². The molecule has 8 nitrogen and oxygen atoms in total. The van der Waals surface area contributed by atoms with Crippen molar-refractivity contribution >= 4 is 16.0 Å². The maximum Gasteiger partial charge on any atom is 1.00 e. The number of hydrogen-bond acceptors (Lipinski definition) is 7. The molecule has 4 rings (SSSR count). The number of aliphatic hydroxyl groups excluding tert-OH is 3. The molecule has 0 aromatic heterocycles. The zero-order chi connectivity index (χ0) is 25.8. The Balaban J connectivity index is 0.00000361. The van der Waals surface area contributed by atoms with Gasteiger partial charge in [-0.3, -0.25) is 4.55 Å². The number of nitrogens with zero attached hydrogens (tertiary/aromatic N) is 1. The molecule has 4 fully saturated rings. The van der Waals surface area contributed by atoms with E-state index in [1.54, 1.807) is 0 Å². The fraction of sp³-hybridized carbons (Fsp3) is 0.962. The van der Waals surface area contributed by atoms with E-state index in [0.29, 0.717) is 36.5 Å². The molecular weight excluding hydrogens is 493 g/mol. The molecule has 0 unspecified atom stereocenters. The number of fused-ring (bicyclic) bond motifs is 5. The van der Waals surface area contributed by atoms with Gasteiger partial charge in [-0.05, 0) is 110 Å². The van der Waals surface area contributed by atoms with Crippen molar-refractivity contribution in [2.75, 3.05) is 12.3 Å². The minimum atomic E-state index is -4.12. The molecule has 0 aromatic rings. The van der Waals surface area contributed by atoms with Gasteiger partial charge in [0.05, 0.1) is 30.6 Å². The van der Waals surface area contributed by atoms with Crippen molar-refractivity contribution in [2.45, 2.75) is 96.9 Å². The molecule has 0 radical (unpaired) electrons. The van der Waals surface area contributed by atoms with Crippen molar-refractivity contribution in [3.63, 3.8) is 0 Å². The van der Waals surface area contributed by atoms with Crippen LogP contribution < -0.4 is 34.7 Å². The van der Waals surface area contributed by atoms with Crippen molar-refractivity contribution in [1.82, 2.24) is 0 Å². The third-order valence-electron chi connectivity index (χ3n) is 10.9. The summed E-state index contributed by atoms with van der Waals surface area (Å²) in [6.45, 7) is 6.60. The Morgan fingerprint density at radius 2 is 1.64 bits per heavy atom. The van der Waals surface area contributed by atoms with Gasteiger partial charge in [0.1, 0.15) is 0 Å². The minimum Gasteiger partial charge on any atom is -0.862 e. The number of hydrogen-bond donors (Lipinski definition) is 4. The largest absolute Gasteiger partial charge is 1.00 e. The summed E-state index contributed by atoms with van der Waals surface area (Å²) >= 11 is 0. The maximum atomic E-state index is 12.1. The first-order chi connectivity index (χ1) is 16.3. The Morgan fingerprint density at radius 3 is 2.31 bits per heavy atom. The second-order valence-electron chi connectivity index (χ2n) is 12.6. The maximum absolute atomic E-state index is 12.1. The van der Waals surface area contributed by atoms with Crippen LogP contribution in [0.5, 0.6) is 0 Å². The van der Waals surface area contributed by atoms with Crippen LogP contribution in [0.15, 0.2) is 4.99 Å². The van der Waals surface area contributed by atoms with Gasteiger partial charge in [0.25, 0.3) is 10.1 Å². The Kier molecular flexibility index (Phi) is 9.75. The van der Waals surface area contributed by atoms with Crippen LogP contribution in [0.25, 0.3) is 0 Å². The van der Waals surface area contributed by atoms with Crippen LogP contribution >= 0.6 is 0 Å². The van der Waals surface area contributed by atoms with Crippen LogP contribution in [0.4, 0.5) is 0 Å². The smallest absolute Gasteiger partial charge is 0.862 e. The van der Waals surface area contributed by atoms with Crippen molar-refractivity contribution in [3.8, 4) is 0 Å². The van der Waals surface area contributed by atoms with Gasteiger partial charge in [-0.2, -0.15) is 8.42 Å². The van der Waals surface area contributed by atoms with Crippen LogP contribution in [0, 0.1) is 46.3 Å². The molecule has 0 heterocycles. The van der Waals surface area contributed by atoms with Crippen LogP contribution in [-0.2, 0) is 10.1 Å². The zero-order valence-corrected chi connectivity index (χ0v) is 25.2. The summed E-state index contributed by atoms with van der Waals surface area (Å²) in [5, 5.41) is 45.0. The first kappa shape index (κ1) is 30.8. The first-order valence-corrected chi connectivity index (χ1v) is 15.1. The molecule has 10 heteroatoms. The molecular formula is C26H44NNaO7S. The topological polar surface area (TPSA) is 150 Å². The van der Waals surface area contributed by atoms with Crippen LogP contribution in [0.2, 0.25) is 0 Å². The third kappa shape index (κ3) is 5.74. The van der Waals surface area contributed by atoms with E-state index in [2.05, 4.69) is 25.8 Å². The van der Waals surface area contributed by atoms with E-state index >= 15 is 0 Å². The quantitative estimate of drug-likeness (QED) is 0.141. The summed E-state index contributed by atoms with van der Waals surface area (Å²) in [5.41, 5.74) is -0.00658. The van der Waals surface area contributed by atoms with E-state index in [4.69, 9.17) is 4.55 Å². The van der Waals surface area contributed by atoms with Gasteiger partial charge in [0.2, 0.25) is 0 Å². The molecule has 36 heavy (non-hydrogen) atoms. The van der Waals surface area contributed by atoms with E-state index in [1.807, 2.05) is 0 Å². The predicted octanol–water partition coefficient (Wildman–Crippen LogP) is -0.985. The number of aliphatic hydroxyl groups is 3. The Bertz CT molecular complexity index is 916. The molecule has 4 aliphatic rings. The molecule has 0 saturated heterocycles. The van der Waals surface area contributed by atoms with Crippen LogP contribution in [-0.4, -0.2) is 64.8 Å². The number of aliphatic imine (C=N–C) groups is 1. The van der Waals surface area contributed by atoms with Gasteiger partial charge < -0.3 is 25.4 Å². The second kappa shape index (κ2) is 11.4. The fourth-order valence-corrected chi connectivity index (χ4v) is 9.45. The third-order valence-corrected chi connectivity index (χ3v) is 11.6. The van der Waals surface area contributed by atoms with Crippen LogP contribution in [0.1, 0.15) is 78.6 Å². The molecule has 202 valence electrons. The molecule has 11 atom stereocenters. The summed E-state index contributed by atoms with van der Waals surface area (Å²) in [7, 11) is -4.12. The molecule has 0 amide bonds. The average Bonchev–Trinajstić information content (AvgIpc) is 3.13. The molecule has 4 aliphatic carbocycles. The van der Waals surface area contributed by atoms with Gasteiger partial charge in [0, 0.05) is 0 Å². The normalized spacial score (nSPS) is 45.7. The monoisotopic (exact) mass is 537 g/mol. The van der Waals surface area contributed by atoms with E-state index in [-0.39, 0.29) is 77.2 Å². The fourth-order valence-electron chi connectivity index (χ4n) is 9.13. The number of rotatable bonds is 7. The van der Waals surface area contributed by atoms with Crippen molar-refractivity contribution in [2.24, 2.45) is 51.3 Å². The van der Waals surface area contributed by atoms with E-state index < -0.39 is 28.1 Å². The summed E-state index contributed by atoms with van der Waals surface area (Å²) in [6.07, 6.45) is 5.40. The Hall–Kier alpha value is 0.260.